The molecule has 0 spiro atoms. The normalized spacial score (nSPS) is 56.9. The van der Waals surface area contributed by atoms with Crippen LogP contribution in [0.1, 0.15) is 119 Å². The molecule has 2 heteroatoms. The second kappa shape index (κ2) is 6.72. The second-order valence-electron chi connectivity index (χ2n) is 15.0. The average Bonchev–Trinajstić information content (AvgIpc) is 2.73. The number of aldehydes is 1. The van der Waals surface area contributed by atoms with Crippen molar-refractivity contribution >= 4 is 12.1 Å². The van der Waals surface area contributed by atoms with E-state index in [2.05, 4.69) is 48.5 Å². The van der Waals surface area contributed by atoms with Crippen molar-refractivity contribution in [3.63, 3.8) is 0 Å². The first-order valence-corrected chi connectivity index (χ1v) is 13.8. The summed E-state index contributed by atoms with van der Waals surface area (Å²) in [6, 6.07) is 0. The van der Waals surface area contributed by atoms with E-state index in [0.717, 1.165) is 31.6 Å². The molecule has 0 radical (unpaired) electrons. The molecule has 0 amide bonds. The van der Waals surface area contributed by atoms with E-state index < -0.39 is 0 Å². The summed E-state index contributed by atoms with van der Waals surface area (Å²) < 4.78 is 0. The highest BCUT2D eigenvalue weighted by atomic mass is 16.1. The van der Waals surface area contributed by atoms with E-state index in [1.165, 1.54) is 51.2 Å². The summed E-state index contributed by atoms with van der Waals surface area (Å²) in [5.41, 5.74) is 1.34. The molecule has 9 atom stereocenters. The number of carbonyl (C=O) groups excluding carboxylic acids is 2. The van der Waals surface area contributed by atoms with Crippen molar-refractivity contribution < 1.29 is 9.59 Å². The first-order chi connectivity index (χ1) is 14.8. The van der Waals surface area contributed by atoms with Crippen LogP contribution in [0.3, 0.4) is 0 Å². The average molecular weight is 441 g/mol. The fourth-order valence-corrected chi connectivity index (χ4v) is 11.1. The highest BCUT2D eigenvalue weighted by Crippen LogP contribution is 2.78. The lowest BCUT2D eigenvalue weighted by atomic mass is 9.30. The van der Waals surface area contributed by atoms with Gasteiger partial charge in [-0.1, -0.05) is 48.5 Å². The van der Waals surface area contributed by atoms with Crippen molar-refractivity contribution in [1.82, 2.24) is 0 Å². The Morgan fingerprint density at radius 2 is 1.34 bits per heavy atom. The first kappa shape index (κ1) is 23.1. The van der Waals surface area contributed by atoms with E-state index in [9.17, 15) is 9.59 Å². The summed E-state index contributed by atoms with van der Waals surface area (Å²) in [6.45, 7) is 17.4. The van der Waals surface area contributed by atoms with Gasteiger partial charge >= 0.3 is 0 Å². The number of hydrogen-bond donors (Lipinski definition) is 0. The third kappa shape index (κ3) is 2.65. The monoisotopic (exact) mass is 440 g/mol. The van der Waals surface area contributed by atoms with Gasteiger partial charge in [0.2, 0.25) is 0 Å². The molecule has 0 heterocycles. The van der Waals surface area contributed by atoms with E-state index in [1.54, 1.807) is 0 Å². The molecule has 0 aromatic rings. The highest BCUT2D eigenvalue weighted by Gasteiger charge is 2.71. The topological polar surface area (TPSA) is 34.1 Å². The van der Waals surface area contributed by atoms with Gasteiger partial charge < -0.3 is 4.79 Å². The largest absolute Gasteiger partial charge is 0.303 e. The first-order valence-electron chi connectivity index (χ1n) is 13.8. The molecule has 5 fully saturated rings. The van der Waals surface area contributed by atoms with Crippen LogP contribution in [-0.2, 0) is 9.59 Å². The fraction of sp³-hybridized carbons (Fsp3) is 0.933. The Balaban J connectivity index is 1.56. The molecule has 0 aromatic carbocycles. The molecule has 0 N–H and O–H groups in total. The zero-order valence-electron chi connectivity index (χ0n) is 22.0. The predicted molar refractivity (Wildman–Crippen MR) is 130 cm³/mol. The van der Waals surface area contributed by atoms with Crippen molar-refractivity contribution in [2.75, 3.05) is 0 Å². The van der Waals surface area contributed by atoms with Gasteiger partial charge in [0.25, 0.3) is 0 Å². The number of rotatable bonds is 1. The standard InChI is InChI=1S/C30H48O2/c1-20-21(32)8-9-22-26(20,4)11-10-23-27(22,5)13-14-29(7)24-18-25(2,3)12-16-30(24,19-31)17-15-28(23,29)6/h19-20,22-24H,8-18H2,1-7H3/t20?,22-,23+,24+,26-,27+,28-,29+,30-/m1/s1. The van der Waals surface area contributed by atoms with Crippen LogP contribution in [0.15, 0.2) is 0 Å². The van der Waals surface area contributed by atoms with Gasteiger partial charge in [0.05, 0.1) is 0 Å². The Hall–Kier alpha value is -0.660. The Kier molecular flexibility index (Phi) is 4.85. The summed E-state index contributed by atoms with van der Waals surface area (Å²) >= 11 is 0. The van der Waals surface area contributed by atoms with Gasteiger partial charge in [0, 0.05) is 17.8 Å². The summed E-state index contributed by atoms with van der Waals surface area (Å²) in [4.78, 5) is 25.4. The maximum Gasteiger partial charge on any atom is 0.136 e. The molecule has 0 bridgehead atoms. The molecular weight excluding hydrogens is 392 g/mol. The van der Waals surface area contributed by atoms with Crippen molar-refractivity contribution in [1.29, 1.82) is 0 Å². The van der Waals surface area contributed by atoms with Crippen LogP contribution in [-0.4, -0.2) is 12.1 Å². The molecule has 5 aliphatic rings. The van der Waals surface area contributed by atoms with Gasteiger partial charge in [-0.25, -0.2) is 0 Å². The van der Waals surface area contributed by atoms with E-state index in [-0.39, 0.29) is 22.2 Å². The molecule has 0 aliphatic heterocycles. The molecule has 5 aliphatic carbocycles. The second-order valence-corrected chi connectivity index (χ2v) is 15.0. The predicted octanol–water partition coefficient (Wildman–Crippen LogP) is 7.64. The quantitative estimate of drug-likeness (QED) is 0.393. The van der Waals surface area contributed by atoms with Crippen LogP contribution < -0.4 is 0 Å². The fourth-order valence-electron chi connectivity index (χ4n) is 11.1. The maximum absolute atomic E-state index is 12.7. The minimum atomic E-state index is -0.0769. The Morgan fingerprint density at radius 1 is 0.719 bits per heavy atom. The van der Waals surface area contributed by atoms with Gasteiger partial charge in [-0.2, -0.15) is 0 Å². The molecule has 5 saturated carbocycles. The van der Waals surface area contributed by atoms with Crippen LogP contribution in [0.5, 0.6) is 0 Å². The SMILES string of the molecule is CC1C(=O)CC[C@H]2[C@]3(C)CC[C@@]4(C)[C@@H]5CC(C)(C)CC[C@]5(C=O)CC[C@]4(C)[C@H]3CC[C@]12C. The van der Waals surface area contributed by atoms with Crippen molar-refractivity contribution in [3.8, 4) is 0 Å². The van der Waals surface area contributed by atoms with E-state index >= 15 is 0 Å². The Bertz CT molecular complexity index is 829. The molecule has 32 heavy (non-hydrogen) atoms. The molecular formula is C30H48O2. The summed E-state index contributed by atoms with van der Waals surface area (Å²) in [5.74, 6) is 2.65. The molecule has 5 rings (SSSR count). The number of carbonyl (C=O) groups is 2. The molecule has 0 aromatic heterocycles. The zero-order valence-corrected chi connectivity index (χ0v) is 22.0. The smallest absolute Gasteiger partial charge is 0.136 e. The number of fused-ring (bicyclic) bond motifs is 7. The summed E-state index contributed by atoms with van der Waals surface area (Å²) in [5, 5.41) is 0. The molecule has 1 unspecified atom stereocenters. The molecule has 0 saturated heterocycles. The number of hydrogen-bond acceptors (Lipinski definition) is 2. The highest BCUT2D eigenvalue weighted by molar-refractivity contribution is 5.82. The lowest BCUT2D eigenvalue weighted by Gasteiger charge is -2.74. The van der Waals surface area contributed by atoms with Crippen molar-refractivity contribution in [2.24, 2.45) is 56.2 Å². The summed E-state index contributed by atoms with van der Waals surface area (Å²) in [6.07, 6.45) is 14.2. The van der Waals surface area contributed by atoms with Crippen LogP contribution in [0.4, 0.5) is 0 Å². The zero-order chi connectivity index (χ0) is 23.4. The minimum absolute atomic E-state index is 0.0769. The molecule has 180 valence electrons. The van der Waals surface area contributed by atoms with Gasteiger partial charge in [-0.05, 0) is 109 Å². The van der Waals surface area contributed by atoms with Crippen molar-refractivity contribution in [3.05, 3.63) is 0 Å². The van der Waals surface area contributed by atoms with Crippen LogP contribution in [0, 0.1) is 56.2 Å². The van der Waals surface area contributed by atoms with Crippen LogP contribution >= 0.6 is 0 Å². The van der Waals surface area contributed by atoms with Crippen molar-refractivity contribution in [2.45, 2.75) is 119 Å². The third-order valence-corrected chi connectivity index (χ3v) is 13.6. The van der Waals surface area contributed by atoms with Crippen LogP contribution in [0.25, 0.3) is 0 Å². The minimum Gasteiger partial charge on any atom is -0.303 e. The summed E-state index contributed by atoms with van der Waals surface area (Å²) in [7, 11) is 0. The van der Waals surface area contributed by atoms with E-state index in [0.29, 0.717) is 33.9 Å². The van der Waals surface area contributed by atoms with Gasteiger partial charge in [0.15, 0.2) is 0 Å². The third-order valence-electron chi connectivity index (χ3n) is 13.6. The Morgan fingerprint density at radius 3 is 2.03 bits per heavy atom. The van der Waals surface area contributed by atoms with Gasteiger partial charge in [-0.15, -0.1) is 0 Å². The molecule has 2 nitrogen and oxygen atoms in total. The number of ketones is 1. The van der Waals surface area contributed by atoms with Crippen LogP contribution in [0.2, 0.25) is 0 Å². The van der Waals surface area contributed by atoms with E-state index in [4.69, 9.17) is 0 Å². The lowest BCUT2D eigenvalue weighted by molar-refractivity contribution is -0.253. The maximum atomic E-state index is 12.7. The number of Topliss-reactive ketones (excluding diaryl/α,β-unsaturated/α-hetero) is 1. The Labute approximate surface area is 197 Å². The lowest BCUT2D eigenvalue weighted by Crippen LogP contribution is -2.68. The van der Waals surface area contributed by atoms with E-state index in [1.807, 2.05) is 0 Å². The van der Waals surface area contributed by atoms with Gasteiger partial charge in [0.1, 0.15) is 12.1 Å². The van der Waals surface area contributed by atoms with Gasteiger partial charge in [-0.3, -0.25) is 4.79 Å².